The number of rotatable bonds is 9. The Morgan fingerprint density at radius 1 is 0.974 bits per heavy atom. The summed E-state index contributed by atoms with van der Waals surface area (Å²) in [6.07, 6.45) is -2.24. The Kier molecular flexibility index (Phi) is 10.5. The van der Waals surface area contributed by atoms with Crippen LogP contribution in [0.25, 0.3) is 11.1 Å². The van der Waals surface area contributed by atoms with Gasteiger partial charge < -0.3 is 20.7 Å². The number of alkyl halides is 3. The van der Waals surface area contributed by atoms with Crippen LogP contribution in [0, 0.1) is 0 Å². The fourth-order valence-corrected chi connectivity index (χ4v) is 4.97. The number of likely N-dealkylation sites (tertiary alicyclic amines) is 1. The standard InChI is InChI=1S/C29H32F3N3O.2ClH/c30-29(31,32)23-9-6-21(7-10-23)26-16-22(8-11-28(26)36-19-20-4-2-1-3-5-20)25-17-27(25)34-13-15-35-14-12-24(33)18-35;;/h1-11,16,24-25,27,34H,12-15,17-19,33H2;2*1H. The molecule has 2 fully saturated rings. The van der Waals surface area contributed by atoms with Crippen LogP contribution in [0.4, 0.5) is 13.2 Å². The third kappa shape index (κ3) is 7.64. The van der Waals surface area contributed by atoms with Gasteiger partial charge in [-0.3, -0.25) is 0 Å². The topological polar surface area (TPSA) is 50.5 Å². The van der Waals surface area contributed by atoms with Crippen molar-refractivity contribution in [3.05, 3.63) is 89.5 Å². The Hall–Kier alpha value is -2.29. The maximum atomic E-state index is 13.1. The molecular formula is C29H34Cl2F3N3O. The van der Waals surface area contributed by atoms with E-state index in [0.717, 1.165) is 62.3 Å². The number of hydrogen-bond acceptors (Lipinski definition) is 4. The van der Waals surface area contributed by atoms with Gasteiger partial charge in [-0.15, -0.1) is 24.8 Å². The molecule has 38 heavy (non-hydrogen) atoms. The van der Waals surface area contributed by atoms with Gasteiger partial charge in [-0.25, -0.2) is 0 Å². The van der Waals surface area contributed by atoms with Gasteiger partial charge in [-0.05, 0) is 60.3 Å². The van der Waals surface area contributed by atoms with Crippen molar-refractivity contribution in [2.45, 2.75) is 43.6 Å². The largest absolute Gasteiger partial charge is 0.488 e. The highest BCUT2D eigenvalue weighted by atomic mass is 35.5. The zero-order valence-corrected chi connectivity index (χ0v) is 22.6. The molecule has 3 atom stereocenters. The van der Waals surface area contributed by atoms with Crippen molar-refractivity contribution in [3.63, 3.8) is 0 Å². The van der Waals surface area contributed by atoms with Crippen LogP contribution >= 0.6 is 24.8 Å². The van der Waals surface area contributed by atoms with Gasteiger partial charge in [0, 0.05) is 43.2 Å². The van der Waals surface area contributed by atoms with Crippen LogP contribution in [0.15, 0.2) is 72.8 Å². The Morgan fingerprint density at radius 2 is 1.71 bits per heavy atom. The van der Waals surface area contributed by atoms with Gasteiger partial charge in [0.05, 0.1) is 5.56 Å². The third-order valence-corrected chi connectivity index (χ3v) is 7.13. The highest BCUT2D eigenvalue weighted by Crippen LogP contribution is 2.44. The molecule has 3 aromatic rings. The molecule has 206 valence electrons. The summed E-state index contributed by atoms with van der Waals surface area (Å²) in [5.74, 6) is 1.06. The lowest BCUT2D eigenvalue weighted by molar-refractivity contribution is -0.137. The van der Waals surface area contributed by atoms with E-state index >= 15 is 0 Å². The number of nitrogens with zero attached hydrogens (tertiary/aromatic N) is 1. The molecule has 0 radical (unpaired) electrons. The van der Waals surface area contributed by atoms with Gasteiger partial charge in [0.1, 0.15) is 12.4 Å². The van der Waals surface area contributed by atoms with E-state index in [2.05, 4.69) is 22.3 Å². The summed E-state index contributed by atoms with van der Waals surface area (Å²) in [7, 11) is 0. The monoisotopic (exact) mass is 567 g/mol. The summed E-state index contributed by atoms with van der Waals surface area (Å²) in [4.78, 5) is 2.40. The highest BCUT2D eigenvalue weighted by molar-refractivity contribution is 5.85. The summed E-state index contributed by atoms with van der Waals surface area (Å²) < 4.78 is 45.5. The Labute approximate surface area is 234 Å². The van der Waals surface area contributed by atoms with Crippen LogP contribution in [0.3, 0.4) is 0 Å². The van der Waals surface area contributed by atoms with E-state index in [0.29, 0.717) is 35.9 Å². The Balaban J connectivity index is 0.00000200. The van der Waals surface area contributed by atoms with E-state index in [4.69, 9.17) is 10.5 Å². The zero-order valence-electron chi connectivity index (χ0n) is 21.0. The first-order valence-corrected chi connectivity index (χ1v) is 12.6. The minimum absolute atomic E-state index is 0. The predicted molar refractivity (Wildman–Crippen MR) is 150 cm³/mol. The first-order valence-electron chi connectivity index (χ1n) is 12.6. The van der Waals surface area contributed by atoms with Crippen LogP contribution < -0.4 is 15.8 Å². The molecule has 1 saturated heterocycles. The van der Waals surface area contributed by atoms with Gasteiger partial charge >= 0.3 is 6.18 Å². The second-order valence-corrected chi connectivity index (χ2v) is 9.86. The van der Waals surface area contributed by atoms with Crippen LogP contribution in [-0.4, -0.2) is 43.2 Å². The number of ether oxygens (including phenoxy) is 1. The van der Waals surface area contributed by atoms with E-state index in [-0.39, 0.29) is 24.8 Å². The molecule has 3 aromatic carbocycles. The molecule has 2 aliphatic rings. The van der Waals surface area contributed by atoms with Crippen LogP contribution in [0.5, 0.6) is 5.75 Å². The molecular weight excluding hydrogens is 534 g/mol. The summed E-state index contributed by atoms with van der Waals surface area (Å²) in [5, 5.41) is 3.65. The number of nitrogens with two attached hydrogens (primary N) is 1. The highest BCUT2D eigenvalue weighted by Gasteiger charge is 2.38. The van der Waals surface area contributed by atoms with Crippen molar-refractivity contribution in [3.8, 4) is 16.9 Å². The summed E-state index contributed by atoms with van der Waals surface area (Å²) in [6.45, 7) is 4.36. The van der Waals surface area contributed by atoms with Crippen molar-refractivity contribution in [1.29, 1.82) is 0 Å². The number of nitrogens with one attached hydrogen (secondary N) is 1. The van der Waals surface area contributed by atoms with Gasteiger partial charge in [-0.2, -0.15) is 13.2 Å². The predicted octanol–water partition coefficient (Wildman–Crippen LogP) is 6.27. The minimum Gasteiger partial charge on any atom is -0.488 e. The Morgan fingerprint density at radius 3 is 2.37 bits per heavy atom. The SMILES string of the molecule is Cl.Cl.NC1CCN(CCNC2CC2c2ccc(OCc3ccccc3)c(-c3ccc(C(F)(F)F)cc3)c2)C1. The molecule has 0 spiro atoms. The maximum absolute atomic E-state index is 13.1. The van der Waals surface area contributed by atoms with E-state index in [1.807, 2.05) is 36.4 Å². The normalized spacial score (nSPS) is 20.9. The molecule has 3 unspecified atom stereocenters. The lowest BCUT2D eigenvalue weighted by atomic mass is 9.98. The van der Waals surface area contributed by atoms with Gasteiger partial charge in [0.15, 0.2) is 0 Å². The van der Waals surface area contributed by atoms with E-state index < -0.39 is 11.7 Å². The number of hydrogen-bond donors (Lipinski definition) is 2. The Bertz CT molecular complexity index is 1160. The molecule has 3 N–H and O–H groups in total. The molecule has 1 aliphatic carbocycles. The second kappa shape index (κ2) is 13.2. The fourth-order valence-electron chi connectivity index (χ4n) is 4.97. The maximum Gasteiger partial charge on any atom is 0.416 e. The molecule has 1 heterocycles. The van der Waals surface area contributed by atoms with E-state index in [9.17, 15) is 13.2 Å². The van der Waals surface area contributed by atoms with E-state index in [1.54, 1.807) is 0 Å². The van der Waals surface area contributed by atoms with Crippen molar-refractivity contribution in [1.82, 2.24) is 10.2 Å². The first-order chi connectivity index (χ1) is 17.4. The third-order valence-electron chi connectivity index (χ3n) is 7.13. The molecule has 5 rings (SSSR count). The summed E-state index contributed by atoms with van der Waals surface area (Å²) >= 11 is 0. The molecule has 0 bridgehead atoms. The number of halogens is 5. The lowest BCUT2D eigenvalue weighted by Crippen LogP contribution is -2.33. The first kappa shape index (κ1) is 30.3. The molecule has 4 nitrogen and oxygen atoms in total. The average molecular weight is 569 g/mol. The fraction of sp³-hybridized carbons (Fsp3) is 0.379. The minimum atomic E-state index is -4.36. The second-order valence-electron chi connectivity index (χ2n) is 9.86. The van der Waals surface area contributed by atoms with Gasteiger partial charge in [-0.1, -0.05) is 48.5 Å². The van der Waals surface area contributed by atoms with E-state index in [1.165, 1.54) is 17.7 Å². The van der Waals surface area contributed by atoms with Crippen molar-refractivity contribution < 1.29 is 17.9 Å². The van der Waals surface area contributed by atoms with Gasteiger partial charge in [0.2, 0.25) is 0 Å². The molecule has 9 heteroatoms. The molecule has 0 aromatic heterocycles. The smallest absolute Gasteiger partial charge is 0.416 e. The van der Waals surface area contributed by atoms with Crippen LogP contribution in [-0.2, 0) is 12.8 Å². The van der Waals surface area contributed by atoms with Crippen molar-refractivity contribution in [2.75, 3.05) is 26.2 Å². The molecule has 1 saturated carbocycles. The molecule has 1 aliphatic heterocycles. The van der Waals surface area contributed by atoms with Gasteiger partial charge in [0.25, 0.3) is 0 Å². The zero-order chi connectivity index (χ0) is 25.1. The van der Waals surface area contributed by atoms with Crippen molar-refractivity contribution in [2.24, 2.45) is 5.73 Å². The van der Waals surface area contributed by atoms with Crippen molar-refractivity contribution >= 4 is 24.8 Å². The summed E-state index contributed by atoms with van der Waals surface area (Å²) in [5.41, 5.74) is 9.08. The molecule has 0 amide bonds. The van der Waals surface area contributed by atoms with Crippen LogP contribution in [0.1, 0.15) is 35.4 Å². The lowest BCUT2D eigenvalue weighted by Gasteiger charge is -2.16. The summed E-state index contributed by atoms with van der Waals surface area (Å²) in [6, 6.07) is 22.0. The van der Waals surface area contributed by atoms with Crippen LogP contribution in [0.2, 0.25) is 0 Å². The quantitative estimate of drug-likeness (QED) is 0.320. The number of benzene rings is 3. The average Bonchev–Trinajstić information content (AvgIpc) is 3.53.